The van der Waals surface area contributed by atoms with Crippen molar-refractivity contribution in [3.05, 3.63) is 65.0 Å². The Hall–Kier alpha value is -3.19. The molecule has 5 aliphatic rings. The number of benzene rings is 2. The molecule has 0 spiro atoms. The van der Waals surface area contributed by atoms with Crippen LogP contribution in [0.2, 0.25) is 0 Å². The van der Waals surface area contributed by atoms with E-state index in [1.54, 1.807) is 12.1 Å². The lowest BCUT2D eigenvalue weighted by Gasteiger charge is -2.54. The molecule has 7 rings (SSSR count). The molecule has 4 heterocycles. The highest BCUT2D eigenvalue weighted by Gasteiger charge is 2.53. The summed E-state index contributed by atoms with van der Waals surface area (Å²) in [5, 5.41) is 12.8. The second kappa shape index (κ2) is 14.1. The van der Waals surface area contributed by atoms with Crippen LogP contribution in [0.5, 0.6) is 0 Å². The van der Waals surface area contributed by atoms with Gasteiger partial charge in [-0.1, -0.05) is 18.6 Å². The van der Waals surface area contributed by atoms with E-state index in [-0.39, 0.29) is 29.3 Å². The summed E-state index contributed by atoms with van der Waals surface area (Å²) in [5.41, 5.74) is 4.08. The van der Waals surface area contributed by atoms with Gasteiger partial charge in [0.25, 0.3) is 0 Å². The predicted molar refractivity (Wildman–Crippen MR) is 182 cm³/mol. The van der Waals surface area contributed by atoms with Gasteiger partial charge in [0.05, 0.1) is 18.7 Å². The van der Waals surface area contributed by atoms with Gasteiger partial charge in [0.2, 0.25) is 0 Å². The lowest BCUT2D eigenvalue weighted by Crippen LogP contribution is -2.60. The molecule has 1 N–H and O–H groups in total. The first-order valence-electron chi connectivity index (χ1n) is 18.0. The lowest BCUT2D eigenvalue weighted by atomic mass is 9.57. The summed E-state index contributed by atoms with van der Waals surface area (Å²) in [6, 6.07) is 16.2. The molecule has 2 aromatic carbocycles. The van der Waals surface area contributed by atoms with Crippen LogP contribution in [0, 0.1) is 34.9 Å². The minimum atomic E-state index is -0.364. The fraction of sp³-hybridized carbons (Fsp3) is 0.632. The summed E-state index contributed by atoms with van der Waals surface area (Å²) in [4.78, 5) is 22.6. The van der Waals surface area contributed by atoms with Gasteiger partial charge < -0.3 is 24.8 Å². The summed E-state index contributed by atoms with van der Waals surface area (Å²) < 4.78 is 20.0. The third kappa shape index (κ3) is 6.75. The number of nitriles is 1. The average molecular weight is 643 g/mol. The van der Waals surface area contributed by atoms with Crippen molar-refractivity contribution in [2.75, 3.05) is 77.5 Å². The van der Waals surface area contributed by atoms with E-state index in [9.17, 15) is 14.4 Å². The van der Waals surface area contributed by atoms with Crippen molar-refractivity contribution in [3.8, 4) is 6.07 Å². The number of anilines is 1. The molecular weight excluding hydrogens is 591 g/mol. The quantitative estimate of drug-likeness (QED) is 0.361. The first-order chi connectivity index (χ1) is 22.9. The topological polar surface area (TPSA) is 75.1 Å². The fourth-order valence-electron chi connectivity index (χ4n) is 9.43. The smallest absolute Gasteiger partial charge is 0.407 e. The van der Waals surface area contributed by atoms with E-state index < -0.39 is 0 Å². The molecule has 3 atom stereocenters. The number of ether oxygens (including phenoxy) is 1. The summed E-state index contributed by atoms with van der Waals surface area (Å²) >= 11 is 0. The highest BCUT2D eigenvalue weighted by molar-refractivity contribution is 5.67. The second-order valence-corrected chi connectivity index (χ2v) is 14.9. The van der Waals surface area contributed by atoms with Gasteiger partial charge in [0, 0.05) is 55.8 Å². The van der Waals surface area contributed by atoms with Gasteiger partial charge in [-0.15, -0.1) is 0 Å². The van der Waals surface area contributed by atoms with Gasteiger partial charge in [-0.3, -0.25) is 4.90 Å². The Morgan fingerprint density at radius 1 is 0.957 bits per heavy atom. The molecule has 1 aliphatic carbocycles. The van der Waals surface area contributed by atoms with Crippen molar-refractivity contribution >= 4 is 11.8 Å². The van der Waals surface area contributed by atoms with Gasteiger partial charge in [0.1, 0.15) is 5.82 Å². The highest BCUT2D eigenvalue weighted by Crippen LogP contribution is 2.51. The summed E-state index contributed by atoms with van der Waals surface area (Å²) in [7, 11) is 1.44. The van der Waals surface area contributed by atoms with E-state index in [4.69, 9.17) is 4.74 Å². The molecule has 5 fully saturated rings. The van der Waals surface area contributed by atoms with Gasteiger partial charge in [-0.25, -0.2) is 9.18 Å². The van der Waals surface area contributed by atoms with Crippen LogP contribution in [0.4, 0.5) is 14.9 Å². The third-order valence-corrected chi connectivity index (χ3v) is 12.2. The average Bonchev–Trinajstić information content (AvgIpc) is 3.49. The monoisotopic (exact) mass is 642 g/mol. The van der Waals surface area contributed by atoms with Crippen LogP contribution in [0.15, 0.2) is 42.5 Å². The molecule has 0 aromatic heterocycles. The number of carbonyl (C=O) groups excluding carboxylic acids is 1. The van der Waals surface area contributed by atoms with Crippen molar-refractivity contribution in [2.45, 2.75) is 62.9 Å². The van der Waals surface area contributed by atoms with Gasteiger partial charge in [0.15, 0.2) is 0 Å². The highest BCUT2D eigenvalue weighted by atomic mass is 19.1. The molecule has 252 valence electrons. The van der Waals surface area contributed by atoms with Gasteiger partial charge in [-0.2, -0.15) is 5.26 Å². The number of rotatable bonds is 11. The maximum Gasteiger partial charge on any atom is 0.407 e. The largest absolute Gasteiger partial charge is 0.453 e. The number of nitrogens with one attached hydrogen (secondary N) is 1. The van der Waals surface area contributed by atoms with Gasteiger partial charge in [-0.05, 0) is 131 Å². The van der Waals surface area contributed by atoms with E-state index in [2.05, 4.69) is 49.2 Å². The Morgan fingerprint density at radius 2 is 1.72 bits per heavy atom. The number of carbonyl (C=O) groups is 1. The van der Waals surface area contributed by atoms with Crippen molar-refractivity contribution in [1.29, 1.82) is 5.26 Å². The SMILES string of the molecule is COC(=O)N[C@H]1CCC[C@@H]1[C@](CN1CCC1)(c1cccc(F)c1)C1CCN(CC2CN(c3ccc(C#N)c(CN4CCC4)c3)C2)CC1. The molecule has 4 saturated heterocycles. The van der Waals surface area contributed by atoms with E-state index in [0.717, 1.165) is 121 Å². The van der Waals surface area contributed by atoms with Crippen LogP contribution in [-0.4, -0.2) is 99.4 Å². The van der Waals surface area contributed by atoms with Crippen LogP contribution in [0.3, 0.4) is 0 Å². The second-order valence-electron chi connectivity index (χ2n) is 14.9. The number of amides is 1. The zero-order valence-corrected chi connectivity index (χ0v) is 28.0. The zero-order valence-electron chi connectivity index (χ0n) is 28.0. The Kier molecular flexibility index (Phi) is 9.72. The molecule has 1 amide bonds. The summed E-state index contributed by atoms with van der Waals surface area (Å²) in [6.07, 6.45) is 7.30. The fourth-order valence-corrected chi connectivity index (χ4v) is 9.43. The third-order valence-electron chi connectivity index (χ3n) is 12.2. The minimum Gasteiger partial charge on any atom is -0.453 e. The molecule has 0 unspecified atom stereocenters. The molecule has 1 saturated carbocycles. The number of methoxy groups -OCH3 is 1. The van der Waals surface area contributed by atoms with Gasteiger partial charge >= 0.3 is 6.09 Å². The van der Waals surface area contributed by atoms with Crippen molar-refractivity contribution < 1.29 is 13.9 Å². The number of piperidine rings is 1. The standard InChI is InChI=1S/C38H51FN6O2/c1-47-37(46)41-36-9-3-8-35(36)38(27-44-16-5-17-44,32-6-2-7-33(39)21-32)31-12-18-43(19-13-31)23-28-24-45(25-28)34-11-10-29(22-40)30(20-34)26-42-14-4-15-42/h2,6-7,10-11,20-21,28,31,35-36H,3-5,8-9,12-19,23-27H2,1H3,(H,41,46)/t35-,36-,38-/m0/s1. The van der Waals surface area contributed by atoms with Crippen LogP contribution in [0.1, 0.15) is 61.6 Å². The van der Waals surface area contributed by atoms with Crippen molar-refractivity contribution in [3.63, 3.8) is 0 Å². The van der Waals surface area contributed by atoms with Crippen LogP contribution < -0.4 is 10.2 Å². The van der Waals surface area contributed by atoms with E-state index in [0.29, 0.717) is 11.8 Å². The van der Waals surface area contributed by atoms with Crippen molar-refractivity contribution in [1.82, 2.24) is 20.0 Å². The molecule has 8 nitrogen and oxygen atoms in total. The maximum atomic E-state index is 15.0. The normalized spacial score (nSPS) is 25.7. The van der Waals surface area contributed by atoms with Crippen LogP contribution in [0.25, 0.3) is 0 Å². The van der Waals surface area contributed by atoms with Crippen LogP contribution in [-0.2, 0) is 16.7 Å². The minimum absolute atomic E-state index is 0.0274. The Labute approximate surface area is 279 Å². The lowest BCUT2D eigenvalue weighted by molar-refractivity contribution is 0.0223. The number of halogens is 1. The Bertz CT molecular complexity index is 1440. The summed E-state index contributed by atoms with van der Waals surface area (Å²) in [5.74, 6) is 1.11. The molecule has 9 heteroatoms. The number of alkyl carbamates (subject to hydrolysis) is 1. The molecule has 4 aliphatic heterocycles. The first-order valence-corrected chi connectivity index (χ1v) is 18.0. The summed E-state index contributed by atoms with van der Waals surface area (Å²) in [6.45, 7) is 11.6. The van der Waals surface area contributed by atoms with E-state index in [1.165, 1.54) is 25.6 Å². The van der Waals surface area contributed by atoms with Crippen LogP contribution >= 0.6 is 0 Å². The Morgan fingerprint density at radius 3 is 2.38 bits per heavy atom. The molecule has 47 heavy (non-hydrogen) atoms. The molecular formula is C38H51FN6O2. The Balaban J connectivity index is 1.03. The zero-order chi connectivity index (χ0) is 32.4. The maximum absolute atomic E-state index is 15.0. The van der Waals surface area contributed by atoms with E-state index >= 15 is 0 Å². The number of nitrogens with zero attached hydrogens (tertiary/aromatic N) is 5. The molecule has 0 bridgehead atoms. The number of hydrogen-bond donors (Lipinski definition) is 1. The van der Waals surface area contributed by atoms with E-state index in [1.807, 2.05) is 12.1 Å². The first kappa shape index (κ1) is 32.4. The predicted octanol–water partition coefficient (Wildman–Crippen LogP) is 5.22. The number of hydrogen-bond acceptors (Lipinski definition) is 7. The molecule has 2 aromatic rings. The molecule has 0 radical (unpaired) electrons. The number of likely N-dealkylation sites (tertiary alicyclic amines) is 3. The van der Waals surface area contributed by atoms with Crippen molar-refractivity contribution in [2.24, 2.45) is 17.8 Å².